The molecule has 0 heterocycles. The van der Waals surface area contributed by atoms with Crippen LogP contribution in [0, 0.1) is 0 Å². The van der Waals surface area contributed by atoms with Gasteiger partial charge in [-0.1, -0.05) is 17.7 Å². The molecular formula is C15H23ClN2O3. The number of hydrogen-bond acceptors (Lipinski definition) is 4. The molecule has 0 radical (unpaired) electrons. The zero-order valence-corrected chi connectivity index (χ0v) is 13.7. The van der Waals surface area contributed by atoms with Crippen LogP contribution in [0.3, 0.4) is 0 Å². The Morgan fingerprint density at radius 3 is 2.57 bits per heavy atom. The Labute approximate surface area is 131 Å². The lowest BCUT2D eigenvalue weighted by molar-refractivity contribution is -0.121. The van der Waals surface area contributed by atoms with Gasteiger partial charge in [0.1, 0.15) is 0 Å². The molecule has 6 heteroatoms. The van der Waals surface area contributed by atoms with Gasteiger partial charge < -0.3 is 20.1 Å². The predicted octanol–water partition coefficient (Wildman–Crippen LogP) is 2.36. The summed E-state index contributed by atoms with van der Waals surface area (Å²) in [6, 6.07) is 3.86. The molecule has 0 saturated heterocycles. The van der Waals surface area contributed by atoms with E-state index in [1.165, 1.54) is 0 Å². The second-order valence-corrected chi connectivity index (χ2v) is 5.30. The van der Waals surface area contributed by atoms with Crippen molar-refractivity contribution in [1.82, 2.24) is 10.6 Å². The maximum Gasteiger partial charge on any atom is 0.221 e. The van der Waals surface area contributed by atoms with Crippen LogP contribution in [-0.4, -0.2) is 32.7 Å². The van der Waals surface area contributed by atoms with Crippen LogP contribution in [0.4, 0.5) is 0 Å². The first-order valence-electron chi connectivity index (χ1n) is 6.89. The minimum absolute atomic E-state index is 0.0379. The van der Waals surface area contributed by atoms with Crippen LogP contribution >= 0.6 is 11.6 Å². The van der Waals surface area contributed by atoms with Crippen molar-refractivity contribution in [3.8, 4) is 11.5 Å². The molecule has 0 aliphatic rings. The van der Waals surface area contributed by atoms with Gasteiger partial charge in [0.15, 0.2) is 11.5 Å². The molecule has 118 valence electrons. The van der Waals surface area contributed by atoms with E-state index in [-0.39, 0.29) is 11.9 Å². The van der Waals surface area contributed by atoms with Gasteiger partial charge in [-0.3, -0.25) is 4.79 Å². The number of ether oxygens (including phenoxy) is 2. The van der Waals surface area contributed by atoms with Gasteiger partial charge >= 0.3 is 0 Å². The van der Waals surface area contributed by atoms with Gasteiger partial charge in [0.2, 0.25) is 5.91 Å². The Morgan fingerprint density at radius 1 is 1.29 bits per heavy atom. The zero-order chi connectivity index (χ0) is 15.8. The van der Waals surface area contributed by atoms with Crippen LogP contribution in [-0.2, 0) is 11.3 Å². The quantitative estimate of drug-likeness (QED) is 0.723. The van der Waals surface area contributed by atoms with Crippen molar-refractivity contribution in [2.45, 2.75) is 32.9 Å². The van der Waals surface area contributed by atoms with Crippen LogP contribution < -0.4 is 20.1 Å². The molecule has 5 nitrogen and oxygen atoms in total. The van der Waals surface area contributed by atoms with Crippen molar-refractivity contribution in [3.63, 3.8) is 0 Å². The van der Waals surface area contributed by atoms with E-state index >= 15 is 0 Å². The second kappa shape index (κ2) is 8.74. The highest BCUT2D eigenvalue weighted by molar-refractivity contribution is 6.33. The van der Waals surface area contributed by atoms with Crippen molar-refractivity contribution < 1.29 is 14.3 Å². The molecule has 21 heavy (non-hydrogen) atoms. The van der Waals surface area contributed by atoms with Gasteiger partial charge in [0.25, 0.3) is 0 Å². The summed E-state index contributed by atoms with van der Waals surface area (Å²) in [7, 11) is 3.12. The van der Waals surface area contributed by atoms with Crippen molar-refractivity contribution in [1.29, 1.82) is 0 Å². The summed E-state index contributed by atoms with van der Waals surface area (Å²) in [6.45, 7) is 5.03. The minimum atomic E-state index is 0.0379. The minimum Gasteiger partial charge on any atom is -0.493 e. The fourth-order valence-electron chi connectivity index (χ4n) is 1.89. The van der Waals surface area contributed by atoms with E-state index in [4.69, 9.17) is 21.1 Å². The van der Waals surface area contributed by atoms with Crippen molar-refractivity contribution in [3.05, 3.63) is 22.7 Å². The molecule has 0 fully saturated rings. The lowest BCUT2D eigenvalue weighted by Crippen LogP contribution is -2.32. The standard InChI is InChI=1S/C15H23ClN2O3/c1-10(2)18-13(19)7-8-17-9-11-5-6-12(20-3)15(21-4)14(11)16/h5-6,10,17H,7-9H2,1-4H3,(H,18,19). The maximum absolute atomic E-state index is 11.5. The van der Waals surface area contributed by atoms with Crippen LogP contribution in [0.1, 0.15) is 25.8 Å². The summed E-state index contributed by atoms with van der Waals surface area (Å²) in [4.78, 5) is 11.5. The Morgan fingerprint density at radius 2 is 2.00 bits per heavy atom. The third-order valence-corrected chi connectivity index (χ3v) is 3.27. The van der Waals surface area contributed by atoms with E-state index in [1.54, 1.807) is 14.2 Å². The monoisotopic (exact) mass is 314 g/mol. The smallest absolute Gasteiger partial charge is 0.221 e. The number of carbonyl (C=O) groups is 1. The molecule has 0 unspecified atom stereocenters. The van der Waals surface area contributed by atoms with Crippen LogP contribution in [0.2, 0.25) is 5.02 Å². The summed E-state index contributed by atoms with van der Waals surface area (Å²) in [5, 5.41) is 6.56. The Hall–Kier alpha value is -1.46. The highest BCUT2D eigenvalue weighted by Crippen LogP contribution is 2.37. The average molecular weight is 315 g/mol. The summed E-state index contributed by atoms with van der Waals surface area (Å²) in [6.07, 6.45) is 0.434. The molecular weight excluding hydrogens is 292 g/mol. The summed E-state index contributed by atoms with van der Waals surface area (Å²) in [5.74, 6) is 1.16. The topological polar surface area (TPSA) is 59.6 Å². The van der Waals surface area contributed by atoms with Crippen LogP contribution in [0.25, 0.3) is 0 Å². The first kappa shape index (κ1) is 17.6. The number of methoxy groups -OCH3 is 2. The fourth-order valence-corrected chi connectivity index (χ4v) is 2.19. The predicted molar refractivity (Wildman–Crippen MR) is 84.2 cm³/mol. The molecule has 0 bridgehead atoms. The lowest BCUT2D eigenvalue weighted by atomic mass is 10.2. The number of nitrogens with one attached hydrogen (secondary N) is 2. The van der Waals surface area contributed by atoms with Gasteiger partial charge in [-0.2, -0.15) is 0 Å². The number of benzene rings is 1. The number of rotatable bonds is 8. The average Bonchev–Trinajstić information content (AvgIpc) is 2.43. The van der Waals surface area contributed by atoms with Crippen molar-refractivity contribution in [2.75, 3.05) is 20.8 Å². The van der Waals surface area contributed by atoms with Gasteiger partial charge in [-0.25, -0.2) is 0 Å². The summed E-state index contributed by atoms with van der Waals surface area (Å²) >= 11 is 6.28. The first-order chi connectivity index (χ1) is 9.99. The van der Waals surface area contributed by atoms with E-state index in [1.807, 2.05) is 26.0 Å². The molecule has 1 rings (SSSR count). The molecule has 1 aromatic rings. The largest absolute Gasteiger partial charge is 0.493 e. The third kappa shape index (κ3) is 5.44. The molecule has 1 aromatic carbocycles. The second-order valence-electron chi connectivity index (χ2n) is 4.92. The summed E-state index contributed by atoms with van der Waals surface area (Å²) in [5.41, 5.74) is 0.901. The number of amides is 1. The molecule has 0 aliphatic carbocycles. The van der Waals surface area contributed by atoms with Crippen molar-refractivity contribution in [2.24, 2.45) is 0 Å². The molecule has 1 amide bonds. The zero-order valence-electron chi connectivity index (χ0n) is 13.0. The molecule has 2 N–H and O–H groups in total. The fraction of sp³-hybridized carbons (Fsp3) is 0.533. The van der Waals surface area contributed by atoms with Crippen LogP contribution in [0.5, 0.6) is 11.5 Å². The van der Waals surface area contributed by atoms with Gasteiger partial charge in [-0.15, -0.1) is 0 Å². The van der Waals surface area contributed by atoms with Gasteiger partial charge in [-0.05, 0) is 25.5 Å². The van der Waals surface area contributed by atoms with Crippen molar-refractivity contribution >= 4 is 17.5 Å². The van der Waals surface area contributed by atoms with Crippen LogP contribution in [0.15, 0.2) is 12.1 Å². The SMILES string of the molecule is COc1ccc(CNCCC(=O)NC(C)C)c(Cl)c1OC. The third-order valence-electron chi connectivity index (χ3n) is 2.86. The Balaban J connectivity index is 2.51. The normalized spacial score (nSPS) is 10.6. The van der Waals surface area contributed by atoms with E-state index in [9.17, 15) is 4.79 Å². The summed E-state index contributed by atoms with van der Waals surface area (Å²) < 4.78 is 10.4. The Kier molecular flexibility index (Phi) is 7.32. The number of carbonyl (C=O) groups excluding carboxylic acids is 1. The molecule has 0 atom stereocenters. The van der Waals surface area contributed by atoms with E-state index in [0.717, 1.165) is 5.56 Å². The highest BCUT2D eigenvalue weighted by atomic mass is 35.5. The van der Waals surface area contributed by atoms with E-state index in [2.05, 4.69) is 10.6 Å². The first-order valence-corrected chi connectivity index (χ1v) is 7.26. The molecule has 0 saturated carbocycles. The maximum atomic E-state index is 11.5. The van der Waals surface area contributed by atoms with E-state index in [0.29, 0.717) is 36.0 Å². The van der Waals surface area contributed by atoms with Gasteiger partial charge in [0.05, 0.1) is 19.2 Å². The highest BCUT2D eigenvalue weighted by Gasteiger charge is 2.12. The molecule has 0 aliphatic heterocycles. The molecule has 0 aromatic heterocycles. The number of hydrogen-bond donors (Lipinski definition) is 2. The number of halogens is 1. The molecule has 0 spiro atoms. The van der Waals surface area contributed by atoms with E-state index < -0.39 is 0 Å². The van der Waals surface area contributed by atoms with Gasteiger partial charge in [0, 0.05) is 25.6 Å². The lowest BCUT2D eigenvalue weighted by Gasteiger charge is -2.13. The Bertz CT molecular complexity index is 478.